The Morgan fingerprint density at radius 3 is 2.92 bits per heavy atom. The Labute approximate surface area is 79.2 Å². The Bertz CT molecular complexity index is 318. The summed E-state index contributed by atoms with van der Waals surface area (Å²) in [6.45, 7) is 0.520. The fraction of sp³-hybridized carbons (Fsp3) is 0.250. The van der Waals surface area contributed by atoms with E-state index in [1.807, 2.05) is 17.5 Å². The third kappa shape index (κ3) is 1.55. The van der Waals surface area contributed by atoms with Crippen LogP contribution >= 0.6 is 11.3 Å². The van der Waals surface area contributed by atoms with Gasteiger partial charge in [0.25, 0.3) is 0 Å². The topological polar surface area (TPSA) is 49.4 Å². The van der Waals surface area contributed by atoms with E-state index in [4.69, 9.17) is 0 Å². The first-order valence-electron chi connectivity index (χ1n) is 3.88. The Morgan fingerprint density at radius 1 is 1.54 bits per heavy atom. The van der Waals surface area contributed by atoms with Gasteiger partial charge < -0.3 is 5.32 Å². The van der Waals surface area contributed by atoms with Crippen LogP contribution in [0.15, 0.2) is 17.5 Å². The van der Waals surface area contributed by atoms with Crippen LogP contribution in [0.3, 0.4) is 0 Å². The molecule has 13 heavy (non-hydrogen) atoms. The van der Waals surface area contributed by atoms with Gasteiger partial charge in [0.15, 0.2) is 0 Å². The minimum absolute atomic E-state index is 0.129. The molecule has 0 saturated carbocycles. The molecule has 0 unspecified atom stereocenters. The molecular weight excluding hydrogens is 188 g/mol. The highest BCUT2D eigenvalue weighted by molar-refractivity contribution is 7.09. The first-order chi connectivity index (χ1) is 6.27. The molecule has 0 atom stereocenters. The average molecular weight is 196 g/mol. The monoisotopic (exact) mass is 196 g/mol. The van der Waals surface area contributed by atoms with E-state index in [-0.39, 0.29) is 18.5 Å². The molecule has 3 amide bonds. The summed E-state index contributed by atoms with van der Waals surface area (Å²) in [5.74, 6) is -0.154. The third-order valence-electron chi connectivity index (χ3n) is 1.83. The summed E-state index contributed by atoms with van der Waals surface area (Å²) in [6, 6.07) is 3.51. The molecule has 1 aliphatic heterocycles. The van der Waals surface area contributed by atoms with E-state index in [2.05, 4.69) is 5.32 Å². The van der Waals surface area contributed by atoms with Crippen LogP contribution in [0.5, 0.6) is 0 Å². The van der Waals surface area contributed by atoms with Gasteiger partial charge in [0, 0.05) is 4.88 Å². The van der Waals surface area contributed by atoms with E-state index in [1.165, 1.54) is 16.2 Å². The molecular formula is C8H8N2O2S. The molecule has 0 spiro atoms. The molecule has 0 bridgehead atoms. The van der Waals surface area contributed by atoms with Crippen LogP contribution < -0.4 is 5.32 Å². The Hall–Kier alpha value is -1.36. The number of nitrogens with zero attached hydrogens (tertiary/aromatic N) is 1. The van der Waals surface area contributed by atoms with E-state index in [1.54, 1.807) is 0 Å². The fourth-order valence-corrected chi connectivity index (χ4v) is 1.87. The number of imide groups is 1. The van der Waals surface area contributed by atoms with Crippen LogP contribution in [-0.2, 0) is 11.3 Å². The number of nitrogens with one attached hydrogen (secondary N) is 1. The number of rotatable bonds is 2. The molecule has 5 heteroatoms. The standard InChI is InChI=1S/C8H8N2O2S/c11-7-4-9-8(12)10(7)5-6-2-1-3-13-6/h1-3H,4-5H2,(H,9,12). The third-order valence-corrected chi connectivity index (χ3v) is 2.69. The van der Waals surface area contributed by atoms with Crippen LogP contribution in [0.25, 0.3) is 0 Å². The maximum absolute atomic E-state index is 11.2. The highest BCUT2D eigenvalue weighted by Crippen LogP contribution is 2.13. The first kappa shape index (κ1) is 8.25. The predicted molar refractivity (Wildman–Crippen MR) is 48.3 cm³/mol. The summed E-state index contributed by atoms with van der Waals surface area (Å²) in [6.07, 6.45) is 0. The molecule has 0 radical (unpaired) electrons. The number of thiophene rings is 1. The van der Waals surface area contributed by atoms with E-state index in [0.717, 1.165) is 4.88 Å². The number of hydrogen-bond donors (Lipinski definition) is 1. The van der Waals surface area contributed by atoms with Crippen LogP contribution in [-0.4, -0.2) is 23.4 Å². The summed E-state index contributed by atoms with van der Waals surface area (Å²) in [7, 11) is 0. The SMILES string of the molecule is O=C1CNC(=O)N1Cc1cccs1. The van der Waals surface area contributed by atoms with E-state index in [9.17, 15) is 9.59 Å². The molecule has 2 rings (SSSR count). The van der Waals surface area contributed by atoms with Crippen molar-refractivity contribution < 1.29 is 9.59 Å². The molecule has 1 N–H and O–H groups in total. The van der Waals surface area contributed by atoms with Crippen LogP contribution in [0, 0.1) is 0 Å². The molecule has 0 aliphatic carbocycles. The van der Waals surface area contributed by atoms with Crippen LogP contribution in [0.1, 0.15) is 4.88 Å². The van der Waals surface area contributed by atoms with Crippen molar-refractivity contribution in [1.29, 1.82) is 0 Å². The summed E-state index contributed by atoms with van der Waals surface area (Å²) in [4.78, 5) is 24.5. The Morgan fingerprint density at radius 2 is 2.38 bits per heavy atom. The van der Waals surface area contributed by atoms with Crippen molar-refractivity contribution in [1.82, 2.24) is 10.2 Å². The lowest BCUT2D eigenvalue weighted by molar-refractivity contribution is -0.125. The minimum Gasteiger partial charge on any atom is -0.329 e. The smallest absolute Gasteiger partial charge is 0.324 e. The van der Waals surface area contributed by atoms with Gasteiger partial charge in [0.1, 0.15) is 0 Å². The van der Waals surface area contributed by atoms with Crippen molar-refractivity contribution in [3.63, 3.8) is 0 Å². The van der Waals surface area contributed by atoms with Gasteiger partial charge in [-0.15, -0.1) is 11.3 Å². The van der Waals surface area contributed by atoms with Gasteiger partial charge in [0.05, 0.1) is 13.1 Å². The quantitative estimate of drug-likeness (QED) is 0.711. The molecule has 0 aromatic carbocycles. The maximum atomic E-state index is 11.2. The highest BCUT2D eigenvalue weighted by Gasteiger charge is 2.28. The second kappa shape index (κ2) is 3.18. The van der Waals surface area contributed by atoms with Crippen molar-refractivity contribution in [2.45, 2.75) is 6.54 Å². The van der Waals surface area contributed by atoms with Crippen molar-refractivity contribution in [2.75, 3.05) is 6.54 Å². The number of hydrogen-bond acceptors (Lipinski definition) is 3. The second-order valence-corrected chi connectivity index (χ2v) is 3.75. The van der Waals surface area contributed by atoms with Gasteiger partial charge in [0.2, 0.25) is 5.91 Å². The number of carbonyl (C=O) groups excluding carboxylic acids is 2. The lowest BCUT2D eigenvalue weighted by Crippen LogP contribution is -2.29. The maximum Gasteiger partial charge on any atom is 0.324 e. The van der Waals surface area contributed by atoms with Crippen LogP contribution in [0.4, 0.5) is 4.79 Å². The zero-order chi connectivity index (χ0) is 9.26. The highest BCUT2D eigenvalue weighted by atomic mass is 32.1. The molecule has 1 aromatic rings. The van der Waals surface area contributed by atoms with Gasteiger partial charge in [-0.2, -0.15) is 0 Å². The zero-order valence-corrected chi connectivity index (χ0v) is 7.63. The van der Waals surface area contributed by atoms with Gasteiger partial charge in [-0.05, 0) is 11.4 Å². The number of urea groups is 1. The van der Waals surface area contributed by atoms with Crippen molar-refractivity contribution in [2.24, 2.45) is 0 Å². The van der Waals surface area contributed by atoms with Gasteiger partial charge in [-0.3, -0.25) is 9.69 Å². The van der Waals surface area contributed by atoms with Crippen LogP contribution in [0.2, 0.25) is 0 Å². The molecule has 68 valence electrons. The zero-order valence-electron chi connectivity index (χ0n) is 6.82. The molecule has 2 heterocycles. The van der Waals surface area contributed by atoms with E-state index < -0.39 is 0 Å². The summed E-state index contributed by atoms with van der Waals surface area (Å²) in [5.41, 5.74) is 0. The lowest BCUT2D eigenvalue weighted by Gasteiger charge is -2.09. The average Bonchev–Trinajstić information content (AvgIpc) is 2.70. The number of amides is 3. The number of carbonyl (C=O) groups is 2. The van der Waals surface area contributed by atoms with Crippen molar-refractivity contribution in [3.8, 4) is 0 Å². The van der Waals surface area contributed by atoms with Crippen molar-refractivity contribution in [3.05, 3.63) is 22.4 Å². The summed E-state index contributed by atoms with van der Waals surface area (Å²) >= 11 is 1.54. The second-order valence-electron chi connectivity index (χ2n) is 2.72. The van der Waals surface area contributed by atoms with Gasteiger partial charge in [-0.25, -0.2) is 4.79 Å². The Kier molecular flexibility index (Phi) is 2.02. The van der Waals surface area contributed by atoms with Crippen molar-refractivity contribution >= 4 is 23.3 Å². The fourth-order valence-electron chi connectivity index (χ4n) is 1.17. The van der Waals surface area contributed by atoms with Gasteiger partial charge >= 0.3 is 6.03 Å². The van der Waals surface area contributed by atoms with E-state index >= 15 is 0 Å². The molecule has 1 aromatic heterocycles. The minimum atomic E-state index is -0.293. The predicted octanol–water partition coefficient (Wildman–Crippen LogP) is 0.800. The normalized spacial score (nSPS) is 16.5. The molecule has 4 nitrogen and oxygen atoms in total. The summed E-state index contributed by atoms with van der Waals surface area (Å²) < 4.78 is 0. The summed E-state index contributed by atoms with van der Waals surface area (Å²) in [5, 5.41) is 4.40. The Balaban J connectivity index is 2.09. The molecule has 1 aliphatic rings. The molecule has 1 saturated heterocycles. The largest absolute Gasteiger partial charge is 0.329 e. The lowest BCUT2D eigenvalue weighted by atomic mass is 10.4. The molecule has 1 fully saturated rings. The van der Waals surface area contributed by atoms with E-state index in [0.29, 0.717) is 6.54 Å². The van der Waals surface area contributed by atoms with Gasteiger partial charge in [-0.1, -0.05) is 6.07 Å². The first-order valence-corrected chi connectivity index (χ1v) is 4.76.